The lowest BCUT2D eigenvalue weighted by Gasteiger charge is -2.30. The van der Waals surface area contributed by atoms with Crippen LogP contribution in [0.25, 0.3) is 0 Å². The molecule has 0 radical (unpaired) electrons. The Kier molecular flexibility index (Phi) is 4.96. The lowest BCUT2D eigenvalue weighted by molar-refractivity contribution is -0.123. The van der Waals surface area contributed by atoms with Gasteiger partial charge in [-0.2, -0.15) is 0 Å². The van der Waals surface area contributed by atoms with Crippen molar-refractivity contribution in [3.8, 4) is 0 Å². The number of nitrogens with one attached hydrogen (secondary N) is 1. The topological polar surface area (TPSA) is 32.3 Å². The fourth-order valence-electron chi connectivity index (χ4n) is 3.32. The van der Waals surface area contributed by atoms with Crippen LogP contribution in [0.5, 0.6) is 0 Å². The number of amides is 1. The van der Waals surface area contributed by atoms with Crippen molar-refractivity contribution in [2.24, 2.45) is 5.92 Å². The number of carbonyl (C=O) groups is 1. The highest BCUT2D eigenvalue weighted by molar-refractivity contribution is 7.09. The smallest absolute Gasteiger partial charge is 0.234 e. The summed E-state index contributed by atoms with van der Waals surface area (Å²) in [4.78, 5) is 16.1. The van der Waals surface area contributed by atoms with Gasteiger partial charge in [-0.1, -0.05) is 25.8 Å². The molecule has 0 aromatic carbocycles. The van der Waals surface area contributed by atoms with Crippen molar-refractivity contribution < 1.29 is 4.79 Å². The van der Waals surface area contributed by atoms with Crippen molar-refractivity contribution in [1.29, 1.82) is 0 Å². The highest BCUT2D eigenvalue weighted by Gasteiger charge is 2.31. The fraction of sp³-hybridized carbons (Fsp3) is 0.706. The van der Waals surface area contributed by atoms with Crippen LogP contribution in [0, 0.1) is 5.92 Å². The first-order chi connectivity index (χ1) is 10.2. The van der Waals surface area contributed by atoms with Crippen molar-refractivity contribution in [3.05, 3.63) is 22.4 Å². The Morgan fingerprint density at radius 2 is 2.14 bits per heavy atom. The predicted molar refractivity (Wildman–Crippen MR) is 87.3 cm³/mol. The summed E-state index contributed by atoms with van der Waals surface area (Å²) >= 11 is 1.79. The van der Waals surface area contributed by atoms with E-state index < -0.39 is 0 Å². The maximum Gasteiger partial charge on any atom is 0.234 e. The van der Waals surface area contributed by atoms with E-state index >= 15 is 0 Å². The van der Waals surface area contributed by atoms with E-state index in [0.29, 0.717) is 24.5 Å². The van der Waals surface area contributed by atoms with Crippen molar-refractivity contribution in [3.63, 3.8) is 0 Å². The normalized spacial score (nSPS) is 26.0. The SMILES string of the molecule is C[C@@H]1CCCC[C@@H]1NC(=O)CN(Cc1cccs1)C1CC1. The molecule has 0 bridgehead atoms. The van der Waals surface area contributed by atoms with Crippen LogP contribution in [-0.2, 0) is 11.3 Å². The molecule has 1 heterocycles. The number of thiophene rings is 1. The van der Waals surface area contributed by atoms with E-state index in [4.69, 9.17) is 0 Å². The van der Waals surface area contributed by atoms with Gasteiger partial charge in [-0.15, -0.1) is 11.3 Å². The van der Waals surface area contributed by atoms with Crippen LogP contribution >= 0.6 is 11.3 Å². The van der Waals surface area contributed by atoms with E-state index in [-0.39, 0.29) is 5.91 Å². The van der Waals surface area contributed by atoms with Gasteiger partial charge in [-0.3, -0.25) is 9.69 Å². The zero-order valence-electron chi connectivity index (χ0n) is 12.9. The Bertz CT molecular complexity index is 455. The fourth-order valence-corrected chi connectivity index (χ4v) is 4.05. The lowest BCUT2D eigenvalue weighted by atomic mass is 9.86. The van der Waals surface area contributed by atoms with E-state index in [0.717, 1.165) is 13.0 Å². The van der Waals surface area contributed by atoms with Crippen molar-refractivity contribution in [2.45, 2.75) is 64.1 Å². The van der Waals surface area contributed by atoms with Gasteiger partial charge in [0.1, 0.15) is 0 Å². The molecule has 4 heteroatoms. The van der Waals surface area contributed by atoms with E-state index in [2.05, 4.69) is 34.7 Å². The van der Waals surface area contributed by atoms with Crippen LogP contribution < -0.4 is 5.32 Å². The first kappa shape index (κ1) is 15.0. The summed E-state index contributed by atoms with van der Waals surface area (Å²) in [6.07, 6.45) is 7.49. The predicted octanol–water partition coefficient (Wildman–Crippen LogP) is 3.41. The molecule has 21 heavy (non-hydrogen) atoms. The number of nitrogens with zero attached hydrogens (tertiary/aromatic N) is 1. The zero-order chi connectivity index (χ0) is 14.7. The molecule has 0 unspecified atom stereocenters. The van der Waals surface area contributed by atoms with Crippen LogP contribution in [0.4, 0.5) is 0 Å². The molecule has 3 nitrogen and oxygen atoms in total. The summed E-state index contributed by atoms with van der Waals surface area (Å²) in [6, 6.07) is 5.28. The maximum atomic E-state index is 12.4. The number of carbonyl (C=O) groups excluding carboxylic acids is 1. The van der Waals surface area contributed by atoms with Crippen molar-refractivity contribution in [2.75, 3.05) is 6.54 Å². The minimum absolute atomic E-state index is 0.220. The van der Waals surface area contributed by atoms with Crippen molar-refractivity contribution >= 4 is 17.2 Å². The molecule has 0 saturated heterocycles. The molecule has 3 rings (SSSR count). The standard InChI is InChI=1S/C17H26N2OS/c1-13-5-2-3-7-16(13)18-17(20)12-19(14-8-9-14)11-15-6-4-10-21-15/h4,6,10,13-14,16H,2-3,5,7-9,11-12H2,1H3,(H,18,20)/t13-,16+/m1/s1. The number of hydrogen-bond donors (Lipinski definition) is 1. The Hall–Kier alpha value is -0.870. The minimum atomic E-state index is 0.220. The van der Waals surface area contributed by atoms with Gasteiger partial charge in [0.15, 0.2) is 0 Å². The first-order valence-corrected chi connectivity index (χ1v) is 9.16. The minimum Gasteiger partial charge on any atom is -0.352 e. The number of hydrogen-bond acceptors (Lipinski definition) is 3. The highest BCUT2D eigenvalue weighted by Crippen LogP contribution is 2.29. The summed E-state index contributed by atoms with van der Waals surface area (Å²) in [7, 11) is 0. The second-order valence-electron chi connectivity index (χ2n) is 6.65. The van der Waals surface area contributed by atoms with Crippen LogP contribution in [0.2, 0.25) is 0 Å². The lowest BCUT2D eigenvalue weighted by Crippen LogP contribution is -2.46. The molecule has 0 aliphatic heterocycles. The molecule has 2 aliphatic rings. The summed E-state index contributed by atoms with van der Waals surface area (Å²) in [5.74, 6) is 0.853. The molecule has 1 aromatic heterocycles. The maximum absolute atomic E-state index is 12.4. The average molecular weight is 306 g/mol. The van der Waals surface area contributed by atoms with E-state index in [1.54, 1.807) is 11.3 Å². The van der Waals surface area contributed by atoms with E-state index in [1.807, 2.05) is 0 Å². The monoisotopic (exact) mass is 306 g/mol. The second kappa shape index (κ2) is 6.93. The van der Waals surface area contributed by atoms with Gasteiger partial charge < -0.3 is 5.32 Å². The van der Waals surface area contributed by atoms with Crippen molar-refractivity contribution in [1.82, 2.24) is 10.2 Å². The summed E-state index contributed by atoms with van der Waals surface area (Å²) in [6.45, 7) is 3.76. The molecule has 1 aromatic rings. The quantitative estimate of drug-likeness (QED) is 0.873. The third-order valence-electron chi connectivity index (χ3n) is 4.81. The largest absolute Gasteiger partial charge is 0.352 e. The highest BCUT2D eigenvalue weighted by atomic mass is 32.1. The Morgan fingerprint density at radius 1 is 1.33 bits per heavy atom. The van der Waals surface area contributed by atoms with Gasteiger partial charge in [0.25, 0.3) is 0 Å². The van der Waals surface area contributed by atoms with Crippen LogP contribution in [0.15, 0.2) is 17.5 Å². The van der Waals surface area contributed by atoms with Gasteiger partial charge in [0, 0.05) is 23.5 Å². The van der Waals surface area contributed by atoms with Crippen LogP contribution in [-0.4, -0.2) is 29.4 Å². The average Bonchev–Trinajstić information content (AvgIpc) is 3.19. The molecule has 1 N–H and O–H groups in total. The third-order valence-corrected chi connectivity index (χ3v) is 5.67. The molecular formula is C17H26N2OS. The third kappa shape index (κ3) is 4.30. The van der Waals surface area contributed by atoms with Gasteiger partial charge in [0.2, 0.25) is 5.91 Å². The number of rotatable bonds is 6. The molecule has 2 aliphatic carbocycles. The molecule has 1 amide bonds. The van der Waals surface area contributed by atoms with Gasteiger partial charge in [-0.25, -0.2) is 0 Å². The van der Waals surface area contributed by atoms with Gasteiger partial charge >= 0.3 is 0 Å². The molecule has 116 valence electrons. The molecule has 2 atom stereocenters. The first-order valence-electron chi connectivity index (χ1n) is 8.28. The zero-order valence-corrected chi connectivity index (χ0v) is 13.7. The van der Waals surface area contributed by atoms with E-state index in [1.165, 1.54) is 37.0 Å². The van der Waals surface area contributed by atoms with Gasteiger partial charge in [0.05, 0.1) is 6.54 Å². The van der Waals surface area contributed by atoms with E-state index in [9.17, 15) is 4.79 Å². The van der Waals surface area contributed by atoms with Gasteiger partial charge in [-0.05, 0) is 43.0 Å². The summed E-state index contributed by atoms with van der Waals surface area (Å²) in [5.41, 5.74) is 0. The Morgan fingerprint density at radius 3 is 2.81 bits per heavy atom. The summed E-state index contributed by atoms with van der Waals surface area (Å²) < 4.78 is 0. The van der Waals surface area contributed by atoms with Crippen LogP contribution in [0.1, 0.15) is 50.3 Å². The second-order valence-corrected chi connectivity index (χ2v) is 7.68. The summed E-state index contributed by atoms with van der Waals surface area (Å²) in [5, 5.41) is 5.40. The molecule has 2 fully saturated rings. The molecule has 0 spiro atoms. The molecular weight excluding hydrogens is 280 g/mol. The Labute approximate surface area is 131 Å². The Balaban J connectivity index is 1.51. The molecule has 2 saturated carbocycles. The van der Waals surface area contributed by atoms with Crippen LogP contribution in [0.3, 0.4) is 0 Å².